The minimum absolute atomic E-state index is 0.0316. The molecule has 3 rings (SSSR count). The maximum Gasteiger partial charge on any atom is 0.247 e. The third kappa shape index (κ3) is 4.02. The average molecular weight is 348 g/mol. The third-order valence-electron chi connectivity index (χ3n) is 4.57. The number of carbonyl (C=O) groups excluding carboxylic acids is 2. The van der Waals surface area contributed by atoms with Crippen LogP contribution in [0.4, 0.5) is 0 Å². The standard InChI is InChI=1S/C22H24N2O2/c1-16(2)21-22(26)23-19(18-11-7-4-8-12-18)15-24(21)20(25)14-13-17-9-5-3-6-10-17/h3-12,15-16,21H,13-14H2,1-2H3,(H,23,26)/t21-/m0/s1. The zero-order chi connectivity index (χ0) is 18.5. The molecule has 0 unspecified atom stereocenters. The number of rotatable bonds is 5. The molecule has 26 heavy (non-hydrogen) atoms. The van der Waals surface area contributed by atoms with E-state index in [1.807, 2.05) is 74.5 Å². The molecule has 1 N–H and O–H groups in total. The lowest BCUT2D eigenvalue weighted by Gasteiger charge is -2.35. The SMILES string of the molecule is CC(C)[C@H]1C(=O)NC(c2ccccc2)=CN1C(=O)CCc1ccccc1. The summed E-state index contributed by atoms with van der Waals surface area (Å²) in [6.07, 6.45) is 2.82. The molecule has 0 aliphatic carbocycles. The lowest BCUT2D eigenvalue weighted by molar-refractivity contribution is -0.139. The first-order chi connectivity index (χ1) is 12.6. The van der Waals surface area contributed by atoms with Crippen molar-refractivity contribution in [1.29, 1.82) is 0 Å². The van der Waals surface area contributed by atoms with Crippen LogP contribution >= 0.6 is 0 Å². The number of hydrogen-bond acceptors (Lipinski definition) is 2. The zero-order valence-electron chi connectivity index (χ0n) is 15.2. The molecule has 1 heterocycles. The fraction of sp³-hybridized carbons (Fsp3) is 0.273. The number of nitrogens with zero attached hydrogens (tertiary/aromatic N) is 1. The maximum atomic E-state index is 12.9. The molecule has 1 aliphatic rings. The number of benzene rings is 2. The molecule has 0 radical (unpaired) electrons. The number of carbonyl (C=O) groups is 2. The molecule has 4 nitrogen and oxygen atoms in total. The molecule has 0 spiro atoms. The van der Waals surface area contributed by atoms with Gasteiger partial charge in [-0.25, -0.2) is 0 Å². The Hall–Kier alpha value is -2.88. The van der Waals surface area contributed by atoms with Gasteiger partial charge in [0.2, 0.25) is 11.8 Å². The van der Waals surface area contributed by atoms with Gasteiger partial charge < -0.3 is 10.2 Å². The fourth-order valence-electron chi connectivity index (χ4n) is 3.23. The van der Waals surface area contributed by atoms with Crippen LogP contribution in [0.3, 0.4) is 0 Å². The van der Waals surface area contributed by atoms with Gasteiger partial charge in [0.1, 0.15) is 6.04 Å². The van der Waals surface area contributed by atoms with Crippen molar-refractivity contribution < 1.29 is 9.59 Å². The molecule has 134 valence electrons. The van der Waals surface area contributed by atoms with E-state index in [9.17, 15) is 9.59 Å². The van der Waals surface area contributed by atoms with Crippen molar-refractivity contribution in [2.45, 2.75) is 32.7 Å². The van der Waals surface area contributed by atoms with Gasteiger partial charge in [-0.15, -0.1) is 0 Å². The van der Waals surface area contributed by atoms with Crippen LogP contribution in [0, 0.1) is 5.92 Å². The van der Waals surface area contributed by atoms with Crippen molar-refractivity contribution in [2.24, 2.45) is 5.92 Å². The number of hydrogen-bond donors (Lipinski definition) is 1. The summed E-state index contributed by atoms with van der Waals surface area (Å²) in [6, 6.07) is 19.1. The molecule has 0 saturated heterocycles. The van der Waals surface area contributed by atoms with E-state index in [-0.39, 0.29) is 17.7 Å². The molecule has 0 saturated carbocycles. The van der Waals surface area contributed by atoms with E-state index in [1.165, 1.54) is 0 Å². The van der Waals surface area contributed by atoms with Crippen LogP contribution in [0.1, 0.15) is 31.4 Å². The van der Waals surface area contributed by atoms with Crippen molar-refractivity contribution in [3.8, 4) is 0 Å². The van der Waals surface area contributed by atoms with E-state index in [4.69, 9.17) is 0 Å². The summed E-state index contributed by atoms with van der Waals surface area (Å²) in [5.74, 6) is -0.130. The summed E-state index contributed by atoms with van der Waals surface area (Å²) < 4.78 is 0. The van der Waals surface area contributed by atoms with Crippen LogP contribution in [0.25, 0.3) is 5.70 Å². The molecule has 0 aromatic heterocycles. The van der Waals surface area contributed by atoms with Gasteiger partial charge in [-0.2, -0.15) is 0 Å². The summed E-state index contributed by atoms with van der Waals surface area (Å²) >= 11 is 0. The van der Waals surface area contributed by atoms with E-state index >= 15 is 0 Å². The minimum Gasteiger partial charge on any atom is -0.322 e. The Labute approximate surface area is 154 Å². The number of amides is 2. The van der Waals surface area contributed by atoms with Gasteiger partial charge in [0.05, 0.1) is 5.70 Å². The van der Waals surface area contributed by atoms with E-state index in [0.717, 1.165) is 11.1 Å². The average Bonchev–Trinajstić information content (AvgIpc) is 2.66. The predicted molar refractivity (Wildman–Crippen MR) is 103 cm³/mol. The quantitative estimate of drug-likeness (QED) is 0.897. The highest BCUT2D eigenvalue weighted by Crippen LogP contribution is 2.23. The normalized spacial score (nSPS) is 17.0. The Kier molecular flexibility index (Phi) is 5.52. The van der Waals surface area contributed by atoms with Gasteiger partial charge in [0.15, 0.2) is 0 Å². The Morgan fingerprint density at radius 3 is 2.27 bits per heavy atom. The van der Waals surface area contributed by atoms with Crippen molar-refractivity contribution in [1.82, 2.24) is 10.2 Å². The van der Waals surface area contributed by atoms with E-state index in [1.54, 1.807) is 11.1 Å². The summed E-state index contributed by atoms with van der Waals surface area (Å²) in [7, 11) is 0. The molecule has 2 amide bonds. The second kappa shape index (κ2) is 8.00. The van der Waals surface area contributed by atoms with Crippen molar-refractivity contribution in [3.05, 3.63) is 78.0 Å². The monoisotopic (exact) mass is 348 g/mol. The number of aryl methyl sites for hydroxylation is 1. The Morgan fingerprint density at radius 2 is 1.65 bits per heavy atom. The van der Waals surface area contributed by atoms with Gasteiger partial charge >= 0.3 is 0 Å². The minimum atomic E-state index is -0.481. The van der Waals surface area contributed by atoms with Gasteiger partial charge in [-0.1, -0.05) is 74.5 Å². The first-order valence-corrected chi connectivity index (χ1v) is 8.99. The topological polar surface area (TPSA) is 49.4 Å². The van der Waals surface area contributed by atoms with Crippen LogP contribution < -0.4 is 5.32 Å². The van der Waals surface area contributed by atoms with Crippen LogP contribution in [-0.2, 0) is 16.0 Å². The Balaban J connectivity index is 1.84. The Bertz CT molecular complexity index is 797. The molecule has 2 aromatic carbocycles. The first-order valence-electron chi connectivity index (χ1n) is 8.99. The van der Waals surface area contributed by atoms with Crippen molar-refractivity contribution in [2.75, 3.05) is 0 Å². The van der Waals surface area contributed by atoms with Gasteiger partial charge in [0.25, 0.3) is 0 Å². The van der Waals surface area contributed by atoms with Gasteiger partial charge in [0, 0.05) is 12.6 Å². The van der Waals surface area contributed by atoms with E-state index < -0.39 is 6.04 Å². The maximum absolute atomic E-state index is 12.9. The zero-order valence-corrected chi connectivity index (χ0v) is 15.2. The van der Waals surface area contributed by atoms with E-state index in [0.29, 0.717) is 18.5 Å². The fourth-order valence-corrected chi connectivity index (χ4v) is 3.23. The van der Waals surface area contributed by atoms with Crippen LogP contribution in [0.5, 0.6) is 0 Å². The molecule has 1 aliphatic heterocycles. The second-order valence-corrected chi connectivity index (χ2v) is 6.87. The third-order valence-corrected chi connectivity index (χ3v) is 4.57. The lowest BCUT2D eigenvalue weighted by Crippen LogP contribution is -2.53. The first kappa shape index (κ1) is 17.9. The van der Waals surface area contributed by atoms with Gasteiger partial charge in [-0.3, -0.25) is 9.59 Å². The van der Waals surface area contributed by atoms with Crippen molar-refractivity contribution in [3.63, 3.8) is 0 Å². The second-order valence-electron chi connectivity index (χ2n) is 6.87. The highest BCUT2D eigenvalue weighted by molar-refractivity contribution is 5.97. The molecule has 1 atom stereocenters. The molecule has 4 heteroatoms. The van der Waals surface area contributed by atoms with Crippen LogP contribution in [-0.4, -0.2) is 22.8 Å². The van der Waals surface area contributed by atoms with Crippen LogP contribution in [0.2, 0.25) is 0 Å². The number of nitrogens with one attached hydrogen (secondary N) is 1. The predicted octanol–water partition coefficient (Wildman–Crippen LogP) is 3.60. The summed E-state index contributed by atoms with van der Waals surface area (Å²) in [6.45, 7) is 3.92. The summed E-state index contributed by atoms with van der Waals surface area (Å²) in [5.41, 5.74) is 2.68. The molecular formula is C22H24N2O2. The summed E-state index contributed by atoms with van der Waals surface area (Å²) in [5, 5.41) is 2.95. The van der Waals surface area contributed by atoms with Crippen LogP contribution in [0.15, 0.2) is 66.9 Å². The molecule has 0 fully saturated rings. The molecular weight excluding hydrogens is 324 g/mol. The highest BCUT2D eigenvalue weighted by Gasteiger charge is 2.35. The Morgan fingerprint density at radius 1 is 1.04 bits per heavy atom. The highest BCUT2D eigenvalue weighted by atomic mass is 16.2. The largest absolute Gasteiger partial charge is 0.322 e. The summed E-state index contributed by atoms with van der Waals surface area (Å²) in [4.78, 5) is 27.2. The molecule has 2 aromatic rings. The van der Waals surface area contributed by atoms with Gasteiger partial charge in [-0.05, 0) is 23.5 Å². The van der Waals surface area contributed by atoms with Crippen molar-refractivity contribution >= 4 is 17.5 Å². The smallest absolute Gasteiger partial charge is 0.247 e. The molecule has 0 bridgehead atoms. The van der Waals surface area contributed by atoms with E-state index in [2.05, 4.69) is 5.32 Å². The lowest BCUT2D eigenvalue weighted by atomic mass is 9.98.